The van der Waals surface area contributed by atoms with Gasteiger partial charge in [-0.1, -0.05) is 0 Å². The summed E-state index contributed by atoms with van der Waals surface area (Å²) in [6, 6.07) is 2.69. The molecule has 0 saturated heterocycles. The van der Waals surface area contributed by atoms with Crippen molar-refractivity contribution in [1.82, 2.24) is 24.4 Å². The minimum atomic E-state index is -4.62. The Kier molecular flexibility index (Phi) is 3.09. The zero-order chi connectivity index (χ0) is 15.9. The van der Waals surface area contributed by atoms with Gasteiger partial charge in [0.2, 0.25) is 0 Å². The number of hydrogen-bond acceptors (Lipinski definition) is 4. The van der Waals surface area contributed by atoms with Crippen LogP contribution < -0.4 is 0 Å². The Morgan fingerprint density at radius 1 is 1.27 bits per heavy atom. The van der Waals surface area contributed by atoms with Crippen LogP contribution in [-0.4, -0.2) is 24.4 Å². The van der Waals surface area contributed by atoms with E-state index in [1.165, 1.54) is 6.20 Å². The minimum Gasteiger partial charge on any atom is -0.272 e. The molecule has 0 saturated carbocycles. The van der Waals surface area contributed by atoms with E-state index >= 15 is 0 Å². The second-order valence-corrected chi connectivity index (χ2v) is 4.51. The molecule has 3 aromatic rings. The first-order valence-electron chi connectivity index (χ1n) is 6.33. The first-order valence-corrected chi connectivity index (χ1v) is 6.33. The lowest BCUT2D eigenvalue weighted by Gasteiger charge is -2.10. The third-order valence-corrected chi connectivity index (χ3v) is 3.14. The third kappa shape index (κ3) is 2.18. The first kappa shape index (κ1) is 14.1. The Morgan fingerprint density at radius 3 is 2.64 bits per heavy atom. The predicted octanol–water partition coefficient (Wildman–Crippen LogP) is 2.50. The summed E-state index contributed by atoms with van der Waals surface area (Å²) in [6.07, 6.45) is -0.515. The van der Waals surface area contributed by atoms with Crippen molar-refractivity contribution in [3.8, 4) is 17.3 Å². The van der Waals surface area contributed by atoms with Gasteiger partial charge < -0.3 is 0 Å². The average Bonchev–Trinajstić information content (AvgIpc) is 3.11. The van der Waals surface area contributed by atoms with Gasteiger partial charge in [-0.3, -0.25) is 4.68 Å². The van der Waals surface area contributed by atoms with Crippen molar-refractivity contribution >= 4 is 5.65 Å². The molecule has 0 unspecified atom stereocenters. The molecule has 0 bridgehead atoms. The summed E-state index contributed by atoms with van der Waals surface area (Å²) in [5.41, 5.74) is -0.596. The monoisotopic (exact) mass is 306 g/mol. The maximum Gasteiger partial charge on any atom is 0.433 e. The number of fused-ring (bicyclic) bond motifs is 1. The number of alkyl halides is 3. The molecule has 0 amide bonds. The highest BCUT2D eigenvalue weighted by molar-refractivity contribution is 5.64. The molecule has 112 valence electrons. The molecule has 0 aliphatic carbocycles. The van der Waals surface area contributed by atoms with E-state index in [1.54, 1.807) is 16.9 Å². The van der Waals surface area contributed by atoms with E-state index in [0.717, 1.165) is 12.3 Å². The molecule has 3 heterocycles. The van der Waals surface area contributed by atoms with Gasteiger partial charge in [-0.15, -0.1) is 0 Å². The summed E-state index contributed by atoms with van der Waals surface area (Å²) in [7, 11) is 0. The highest BCUT2D eigenvalue weighted by atomic mass is 19.4. The van der Waals surface area contributed by atoms with Crippen LogP contribution in [0.2, 0.25) is 0 Å². The largest absolute Gasteiger partial charge is 0.433 e. The molecule has 0 aliphatic rings. The lowest BCUT2D eigenvalue weighted by molar-refractivity contribution is -0.142. The van der Waals surface area contributed by atoms with Crippen molar-refractivity contribution in [2.24, 2.45) is 0 Å². The fourth-order valence-electron chi connectivity index (χ4n) is 2.06. The summed E-state index contributed by atoms with van der Waals surface area (Å²) in [5.74, 6) is 0. The normalized spacial score (nSPS) is 11.8. The average molecular weight is 306 g/mol. The Balaban J connectivity index is 2.29. The number of hydrogen-bond donors (Lipinski definition) is 0. The van der Waals surface area contributed by atoms with Crippen LogP contribution in [0.5, 0.6) is 0 Å². The molecule has 3 rings (SSSR count). The predicted molar refractivity (Wildman–Crippen MR) is 69.6 cm³/mol. The molecule has 0 N–H and O–H groups in total. The Morgan fingerprint density at radius 2 is 2.05 bits per heavy atom. The van der Waals surface area contributed by atoms with Crippen molar-refractivity contribution in [3.05, 3.63) is 35.9 Å². The van der Waals surface area contributed by atoms with E-state index < -0.39 is 11.9 Å². The fourth-order valence-corrected chi connectivity index (χ4v) is 2.06. The maximum absolute atomic E-state index is 13.2. The van der Waals surface area contributed by atoms with Gasteiger partial charge >= 0.3 is 6.18 Å². The van der Waals surface area contributed by atoms with Crippen LogP contribution >= 0.6 is 0 Å². The molecule has 0 atom stereocenters. The molecule has 9 heteroatoms. The van der Waals surface area contributed by atoms with Crippen LogP contribution in [0.1, 0.15) is 18.2 Å². The quantitative estimate of drug-likeness (QED) is 0.729. The highest BCUT2D eigenvalue weighted by Gasteiger charge is 2.35. The standard InChI is InChI=1S/C13H9F3N6/c1-2-21-7-9(6-18-21)10-3-11(13(14,15)16)22-12(20-10)8(4-17)5-19-22/h3,5-7H,2H2,1H3. The van der Waals surface area contributed by atoms with Gasteiger partial charge in [-0.2, -0.15) is 28.6 Å². The lowest BCUT2D eigenvalue weighted by atomic mass is 10.2. The van der Waals surface area contributed by atoms with Crippen LogP contribution in [0.4, 0.5) is 13.2 Å². The van der Waals surface area contributed by atoms with Gasteiger partial charge in [-0.25, -0.2) is 9.50 Å². The minimum absolute atomic E-state index is 0.0183. The van der Waals surface area contributed by atoms with Crippen LogP contribution in [0.15, 0.2) is 24.7 Å². The van der Waals surface area contributed by atoms with E-state index in [-0.39, 0.29) is 16.9 Å². The molecule has 0 spiro atoms. The van der Waals surface area contributed by atoms with E-state index in [9.17, 15) is 13.2 Å². The molecule has 3 aromatic heterocycles. The zero-order valence-corrected chi connectivity index (χ0v) is 11.3. The van der Waals surface area contributed by atoms with Crippen LogP contribution in [0, 0.1) is 11.3 Å². The van der Waals surface area contributed by atoms with Gasteiger partial charge in [-0.05, 0) is 13.0 Å². The van der Waals surface area contributed by atoms with Gasteiger partial charge in [0.25, 0.3) is 0 Å². The third-order valence-electron chi connectivity index (χ3n) is 3.14. The number of rotatable bonds is 2. The van der Waals surface area contributed by atoms with Gasteiger partial charge in [0.15, 0.2) is 11.3 Å². The molecular formula is C13H9F3N6. The second kappa shape index (κ2) is 4.84. The molecule has 0 fully saturated rings. The summed E-state index contributed by atoms with van der Waals surface area (Å²) in [5, 5.41) is 16.6. The van der Waals surface area contributed by atoms with Gasteiger partial charge in [0, 0.05) is 18.3 Å². The van der Waals surface area contributed by atoms with Crippen LogP contribution in [0.3, 0.4) is 0 Å². The maximum atomic E-state index is 13.2. The SMILES string of the molecule is CCn1cc(-c2cc(C(F)(F)F)n3ncc(C#N)c3n2)cn1. The van der Waals surface area contributed by atoms with Gasteiger partial charge in [0.05, 0.1) is 18.1 Å². The first-order chi connectivity index (χ1) is 10.4. The molecule has 22 heavy (non-hydrogen) atoms. The van der Waals surface area contributed by atoms with Crippen molar-refractivity contribution in [1.29, 1.82) is 5.26 Å². The summed E-state index contributed by atoms with van der Waals surface area (Å²) in [6.45, 7) is 2.45. The Bertz CT molecular complexity index is 883. The highest BCUT2D eigenvalue weighted by Crippen LogP contribution is 2.32. The van der Waals surface area contributed by atoms with Gasteiger partial charge in [0.1, 0.15) is 11.6 Å². The molecule has 6 nitrogen and oxygen atoms in total. The second-order valence-electron chi connectivity index (χ2n) is 4.51. The molecule has 0 radical (unpaired) electrons. The number of halogens is 3. The van der Waals surface area contributed by atoms with Crippen molar-refractivity contribution in [2.75, 3.05) is 0 Å². The molecule has 0 aromatic carbocycles. The topological polar surface area (TPSA) is 71.8 Å². The Hall–Kier alpha value is -2.89. The number of aromatic nitrogens is 5. The van der Waals surface area contributed by atoms with Crippen molar-refractivity contribution in [3.63, 3.8) is 0 Å². The summed E-state index contributed by atoms with van der Waals surface area (Å²) in [4.78, 5) is 4.12. The number of nitriles is 1. The van der Waals surface area contributed by atoms with Crippen LogP contribution in [-0.2, 0) is 12.7 Å². The summed E-state index contributed by atoms with van der Waals surface area (Å²) < 4.78 is 41.8. The number of nitrogens with zero attached hydrogens (tertiary/aromatic N) is 6. The van der Waals surface area contributed by atoms with Crippen molar-refractivity contribution in [2.45, 2.75) is 19.6 Å². The zero-order valence-electron chi connectivity index (χ0n) is 11.3. The lowest BCUT2D eigenvalue weighted by Crippen LogP contribution is -2.13. The molecular weight excluding hydrogens is 297 g/mol. The number of aryl methyl sites for hydroxylation is 1. The smallest absolute Gasteiger partial charge is 0.272 e. The molecule has 0 aliphatic heterocycles. The Labute approximate surface area is 122 Å². The van der Waals surface area contributed by atoms with E-state index in [0.29, 0.717) is 16.6 Å². The van der Waals surface area contributed by atoms with Crippen LogP contribution in [0.25, 0.3) is 16.9 Å². The fraction of sp³-hybridized carbons (Fsp3) is 0.231. The van der Waals surface area contributed by atoms with E-state index in [2.05, 4.69) is 15.2 Å². The van der Waals surface area contributed by atoms with E-state index in [4.69, 9.17) is 5.26 Å². The van der Waals surface area contributed by atoms with E-state index in [1.807, 2.05) is 6.92 Å². The summed E-state index contributed by atoms with van der Waals surface area (Å²) >= 11 is 0. The van der Waals surface area contributed by atoms with Crippen molar-refractivity contribution < 1.29 is 13.2 Å².